The average Bonchev–Trinajstić information content (AvgIpc) is 2.55. The molecule has 2 atom stereocenters. The summed E-state index contributed by atoms with van der Waals surface area (Å²) < 4.78 is 42.5. The predicted molar refractivity (Wildman–Crippen MR) is 99.4 cm³/mol. The Bertz CT molecular complexity index is 927. The van der Waals surface area contributed by atoms with Crippen LogP contribution in [-0.4, -0.2) is 29.6 Å². The van der Waals surface area contributed by atoms with Gasteiger partial charge in [-0.3, -0.25) is 0 Å². The van der Waals surface area contributed by atoms with Crippen LogP contribution in [0.5, 0.6) is 0 Å². The summed E-state index contributed by atoms with van der Waals surface area (Å²) in [6.07, 6.45) is -0.926. The SMILES string of the molecule is Cc1ccc(S(=O)(=O)N=[S@@](=O)(C[C@@H](O)C(C)C)c2ccccc2)cc1. The fraction of sp³-hybridized carbons (Fsp3) is 0.333. The minimum atomic E-state index is -4.12. The van der Waals surface area contributed by atoms with E-state index in [9.17, 15) is 17.7 Å². The van der Waals surface area contributed by atoms with Gasteiger partial charge in [0.2, 0.25) is 0 Å². The van der Waals surface area contributed by atoms with Crippen molar-refractivity contribution in [2.75, 3.05) is 5.75 Å². The number of aryl methyl sites for hydroxylation is 1. The van der Waals surface area contributed by atoms with E-state index < -0.39 is 25.9 Å². The molecule has 5 nitrogen and oxygen atoms in total. The van der Waals surface area contributed by atoms with E-state index >= 15 is 0 Å². The van der Waals surface area contributed by atoms with Gasteiger partial charge in [0.05, 0.1) is 26.5 Å². The van der Waals surface area contributed by atoms with Crippen molar-refractivity contribution in [3.63, 3.8) is 0 Å². The molecule has 2 rings (SSSR count). The Labute approximate surface area is 150 Å². The van der Waals surface area contributed by atoms with E-state index in [1.165, 1.54) is 12.1 Å². The summed E-state index contributed by atoms with van der Waals surface area (Å²) in [6.45, 7) is 5.41. The van der Waals surface area contributed by atoms with Crippen molar-refractivity contribution in [1.82, 2.24) is 0 Å². The van der Waals surface area contributed by atoms with Crippen molar-refractivity contribution in [2.45, 2.75) is 36.7 Å². The lowest BCUT2D eigenvalue weighted by molar-refractivity contribution is 0.148. The fourth-order valence-corrected chi connectivity index (χ4v) is 6.44. The lowest BCUT2D eigenvalue weighted by atomic mass is 10.1. The molecule has 0 aliphatic carbocycles. The maximum absolute atomic E-state index is 13.5. The summed E-state index contributed by atoms with van der Waals surface area (Å²) in [7, 11) is -7.46. The second-order valence-corrected chi connectivity index (χ2v) is 10.4. The van der Waals surface area contributed by atoms with Crippen LogP contribution in [0.2, 0.25) is 0 Å². The van der Waals surface area contributed by atoms with Crippen LogP contribution in [-0.2, 0) is 19.8 Å². The smallest absolute Gasteiger partial charge is 0.290 e. The average molecular weight is 382 g/mol. The summed E-state index contributed by atoms with van der Waals surface area (Å²) in [5.41, 5.74) is 0.915. The van der Waals surface area contributed by atoms with Gasteiger partial charge in [-0.2, -0.15) is 8.42 Å². The van der Waals surface area contributed by atoms with Crippen LogP contribution in [0.1, 0.15) is 19.4 Å². The van der Waals surface area contributed by atoms with Crippen LogP contribution in [0.3, 0.4) is 0 Å². The van der Waals surface area contributed by atoms with E-state index in [-0.39, 0.29) is 16.6 Å². The Morgan fingerprint density at radius 3 is 2.00 bits per heavy atom. The molecular weight excluding hydrogens is 358 g/mol. The van der Waals surface area contributed by atoms with Gasteiger partial charge < -0.3 is 5.11 Å². The number of hydrogen-bond donors (Lipinski definition) is 1. The molecule has 2 aromatic rings. The first-order valence-electron chi connectivity index (χ1n) is 7.95. The van der Waals surface area contributed by atoms with Gasteiger partial charge in [-0.15, -0.1) is 3.77 Å². The third kappa shape index (κ3) is 4.90. The Hall–Kier alpha value is -1.70. The minimum absolute atomic E-state index is 0.0132. The standard InChI is InChI=1S/C18H23NO4S2/c1-14(2)18(20)13-24(21,16-7-5-4-6-8-16)19-25(22,23)17-11-9-15(3)10-12-17/h4-12,14,18,20H,13H2,1-3H3/t18-,24-/m1/s1. The zero-order chi connectivity index (χ0) is 18.7. The molecule has 0 fully saturated rings. The van der Waals surface area contributed by atoms with Gasteiger partial charge in [0.1, 0.15) is 0 Å². The van der Waals surface area contributed by atoms with Crippen LogP contribution in [0.4, 0.5) is 0 Å². The molecule has 0 heterocycles. The van der Waals surface area contributed by atoms with Gasteiger partial charge in [-0.25, -0.2) is 4.21 Å². The third-order valence-electron chi connectivity index (χ3n) is 3.82. The zero-order valence-electron chi connectivity index (χ0n) is 14.5. The highest BCUT2D eigenvalue weighted by Gasteiger charge is 2.25. The molecule has 0 aliphatic rings. The van der Waals surface area contributed by atoms with Crippen LogP contribution in [0.15, 0.2) is 68.2 Å². The second kappa shape index (κ2) is 7.68. The molecule has 7 heteroatoms. The topological polar surface area (TPSA) is 83.8 Å². The summed E-state index contributed by atoms with van der Waals surface area (Å²) >= 11 is 0. The Kier molecular flexibility index (Phi) is 6.03. The molecule has 136 valence electrons. The van der Waals surface area contributed by atoms with Crippen molar-refractivity contribution in [2.24, 2.45) is 9.69 Å². The first-order valence-corrected chi connectivity index (χ1v) is 11.1. The van der Waals surface area contributed by atoms with Gasteiger partial charge >= 0.3 is 0 Å². The molecule has 1 N–H and O–H groups in total. The lowest BCUT2D eigenvalue weighted by Gasteiger charge is -2.18. The van der Waals surface area contributed by atoms with Crippen molar-refractivity contribution in [3.8, 4) is 0 Å². The minimum Gasteiger partial charge on any atom is -0.392 e. The zero-order valence-corrected chi connectivity index (χ0v) is 16.1. The van der Waals surface area contributed by atoms with E-state index in [1.54, 1.807) is 56.3 Å². The largest absolute Gasteiger partial charge is 0.392 e. The molecule has 0 saturated carbocycles. The van der Waals surface area contributed by atoms with Crippen molar-refractivity contribution in [3.05, 3.63) is 60.2 Å². The number of hydrogen-bond acceptors (Lipinski definition) is 4. The number of benzene rings is 2. The highest BCUT2D eigenvalue weighted by atomic mass is 32.3. The molecule has 0 saturated heterocycles. The molecule has 0 unspecified atom stereocenters. The molecule has 0 aromatic heterocycles. The maximum atomic E-state index is 13.5. The summed E-state index contributed by atoms with van der Waals surface area (Å²) in [5, 5.41) is 10.2. The van der Waals surface area contributed by atoms with E-state index in [1.807, 2.05) is 6.92 Å². The summed E-state index contributed by atoms with van der Waals surface area (Å²) in [4.78, 5) is 0.283. The maximum Gasteiger partial charge on any atom is 0.290 e. The number of rotatable bonds is 6. The normalized spacial score (nSPS) is 15.6. The first-order chi connectivity index (χ1) is 11.6. The number of aliphatic hydroxyl groups is 1. The second-order valence-electron chi connectivity index (χ2n) is 6.29. The van der Waals surface area contributed by atoms with E-state index in [0.29, 0.717) is 4.90 Å². The fourth-order valence-electron chi connectivity index (χ4n) is 2.14. The van der Waals surface area contributed by atoms with Crippen LogP contribution >= 0.6 is 0 Å². The summed E-state index contributed by atoms with van der Waals surface area (Å²) in [5.74, 6) is -0.401. The highest BCUT2D eigenvalue weighted by molar-refractivity contribution is 8.03. The molecule has 0 aliphatic heterocycles. The molecule has 0 bridgehead atoms. The van der Waals surface area contributed by atoms with E-state index in [4.69, 9.17) is 0 Å². The Morgan fingerprint density at radius 2 is 1.48 bits per heavy atom. The molecule has 2 aromatic carbocycles. The predicted octanol–water partition coefficient (Wildman–Crippen LogP) is 3.23. The molecule has 0 radical (unpaired) electrons. The van der Waals surface area contributed by atoms with Gasteiger partial charge in [0, 0.05) is 4.90 Å². The molecule has 0 amide bonds. The quantitative estimate of drug-likeness (QED) is 0.833. The van der Waals surface area contributed by atoms with Crippen molar-refractivity contribution >= 4 is 19.8 Å². The van der Waals surface area contributed by atoms with Gasteiger partial charge in [-0.1, -0.05) is 49.7 Å². The molecule has 0 spiro atoms. The lowest BCUT2D eigenvalue weighted by Crippen LogP contribution is -2.26. The van der Waals surface area contributed by atoms with Gasteiger partial charge in [0.25, 0.3) is 10.0 Å². The van der Waals surface area contributed by atoms with Crippen LogP contribution in [0, 0.1) is 12.8 Å². The van der Waals surface area contributed by atoms with Crippen molar-refractivity contribution < 1.29 is 17.7 Å². The van der Waals surface area contributed by atoms with E-state index in [0.717, 1.165) is 5.56 Å². The van der Waals surface area contributed by atoms with Crippen LogP contribution < -0.4 is 0 Å². The first kappa shape index (κ1) is 19.6. The van der Waals surface area contributed by atoms with Crippen molar-refractivity contribution in [1.29, 1.82) is 0 Å². The highest BCUT2D eigenvalue weighted by Crippen LogP contribution is 2.22. The van der Waals surface area contributed by atoms with Gasteiger partial charge in [0.15, 0.2) is 0 Å². The monoisotopic (exact) mass is 381 g/mol. The Morgan fingerprint density at radius 1 is 0.920 bits per heavy atom. The van der Waals surface area contributed by atoms with Gasteiger partial charge in [-0.05, 0) is 37.1 Å². The number of sulfonamides is 1. The molecular formula is C18H23NO4S2. The number of aliphatic hydroxyl groups excluding tert-OH is 1. The van der Waals surface area contributed by atoms with Crippen LogP contribution in [0.25, 0.3) is 0 Å². The summed E-state index contributed by atoms with van der Waals surface area (Å²) in [6, 6.07) is 14.4. The molecule has 25 heavy (non-hydrogen) atoms. The third-order valence-corrected chi connectivity index (χ3v) is 8.23. The number of nitrogens with zero attached hydrogens (tertiary/aromatic N) is 1. The van der Waals surface area contributed by atoms with E-state index in [2.05, 4.69) is 3.77 Å². The Balaban J connectivity index is 2.60.